The number of nitrogens with zero attached hydrogens (tertiary/aromatic N) is 1. The average molecular weight is 372 g/mol. The van der Waals surface area contributed by atoms with Crippen LogP contribution in [0.15, 0.2) is 17.6 Å². The van der Waals surface area contributed by atoms with Crippen LogP contribution in [0.1, 0.15) is 66.8 Å². The Morgan fingerprint density at radius 1 is 1.27 bits per heavy atom. The van der Waals surface area contributed by atoms with Crippen molar-refractivity contribution in [3.63, 3.8) is 0 Å². The number of hydrogen-bond acceptors (Lipinski definition) is 5. The molecule has 2 aromatic heterocycles. The van der Waals surface area contributed by atoms with E-state index in [0.29, 0.717) is 17.2 Å². The quantitative estimate of drug-likeness (QED) is 0.818. The zero-order valence-electron chi connectivity index (χ0n) is 15.2. The minimum absolute atomic E-state index is 0.140. The monoisotopic (exact) mass is 372 g/mol. The molecule has 5 nitrogen and oxygen atoms in total. The molecule has 26 heavy (non-hydrogen) atoms. The number of fused-ring (bicyclic) bond motifs is 4. The Morgan fingerprint density at radius 2 is 2.04 bits per heavy atom. The average Bonchev–Trinajstić information content (AvgIpc) is 3.05. The fourth-order valence-corrected chi connectivity index (χ4v) is 5.17. The van der Waals surface area contributed by atoms with Crippen molar-refractivity contribution in [2.75, 3.05) is 0 Å². The van der Waals surface area contributed by atoms with E-state index in [1.807, 2.05) is 13.8 Å². The number of hydrogen-bond donors (Lipinski definition) is 1. The summed E-state index contributed by atoms with van der Waals surface area (Å²) in [6.45, 7) is 3.65. The van der Waals surface area contributed by atoms with Crippen molar-refractivity contribution in [3.8, 4) is 0 Å². The van der Waals surface area contributed by atoms with Gasteiger partial charge in [0.25, 0.3) is 5.91 Å². The lowest BCUT2D eigenvalue weighted by Crippen LogP contribution is -2.47. The lowest BCUT2D eigenvalue weighted by atomic mass is 9.68. The fourth-order valence-electron chi connectivity index (χ4n) is 4.29. The van der Waals surface area contributed by atoms with Crippen LogP contribution in [0, 0.1) is 11.8 Å². The Bertz CT molecular complexity index is 837. The predicted molar refractivity (Wildman–Crippen MR) is 101 cm³/mol. The Kier molecular flexibility index (Phi) is 4.69. The molecule has 138 valence electrons. The third kappa shape index (κ3) is 3.34. The van der Waals surface area contributed by atoms with Gasteiger partial charge < -0.3 is 10.1 Å². The van der Waals surface area contributed by atoms with E-state index >= 15 is 0 Å². The normalized spacial score (nSPS) is 24.8. The van der Waals surface area contributed by atoms with Crippen molar-refractivity contribution in [1.29, 1.82) is 0 Å². The number of esters is 1. The zero-order chi connectivity index (χ0) is 18.3. The van der Waals surface area contributed by atoms with E-state index in [9.17, 15) is 9.59 Å². The number of carbonyl (C=O) groups excluding carboxylic acids is 2. The molecule has 6 heteroatoms. The molecule has 0 radical (unpaired) electrons. The number of ether oxygens (including phenoxy) is 1. The molecular weight excluding hydrogens is 348 g/mol. The van der Waals surface area contributed by atoms with E-state index in [1.54, 1.807) is 17.6 Å². The first-order valence-electron chi connectivity index (χ1n) is 9.40. The Labute approximate surface area is 157 Å². The third-order valence-electron chi connectivity index (χ3n) is 5.62. The van der Waals surface area contributed by atoms with E-state index in [-0.39, 0.29) is 24.0 Å². The van der Waals surface area contributed by atoms with Gasteiger partial charge in [0, 0.05) is 23.0 Å². The topological polar surface area (TPSA) is 68.3 Å². The van der Waals surface area contributed by atoms with Crippen LogP contribution < -0.4 is 5.32 Å². The molecule has 3 fully saturated rings. The van der Waals surface area contributed by atoms with Crippen molar-refractivity contribution in [1.82, 2.24) is 10.3 Å². The van der Waals surface area contributed by atoms with Crippen molar-refractivity contribution in [2.45, 2.75) is 58.1 Å². The first-order chi connectivity index (χ1) is 12.5. The second kappa shape index (κ2) is 6.99. The second-order valence-corrected chi connectivity index (χ2v) is 8.68. The van der Waals surface area contributed by atoms with E-state index in [4.69, 9.17) is 4.74 Å². The maximum absolute atomic E-state index is 12.7. The summed E-state index contributed by atoms with van der Waals surface area (Å²) in [7, 11) is 0. The highest BCUT2D eigenvalue weighted by Crippen LogP contribution is 2.41. The molecule has 2 aromatic rings. The maximum atomic E-state index is 12.7. The largest absolute Gasteiger partial charge is 0.459 e. The van der Waals surface area contributed by atoms with Crippen LogP contribution in [0.3, 0.4) is 0 Å². The fraction of sp³-hybridized carbons (Fsp3) is 0.550. The number of aromatic nitrogens is 1. The van der Waals surface area contributed by atoms with Crippen LogP contribution in [0.2, 0.25) is 0 Å². The van der Waals surface area contributed by atoms with Crippen LogP contribution >= 0.6 is 11.3 Å². The van der Waals surface area contributed by atoms with Crippen molar-refractivity contribution in [3.05, 3.63) is 28.9 Å². The van der Waals surface area contributed by atoms with Crippen LogP contribution in [0.4, 0.5) is 0 Å². The first-order valence-corrected chi connectivity index (χ1v) is 10.3. The molecule has 3 aliphatic rings. The number of amides is 1. The van der Waals surface area contributed by atoms with E-state index < -0.39 is 0 Å². The summed E-state index contributed by atoms with van der Waals surface area (Å²) in [6.07, 6.45) is 7.63. The highest BCUT2D eigenvalue weighted by Gasteiger charge is 2.36. The Balaban J connectivity index is 1.54. The summed E-state index contributed by atoms with van der Waals surface area (Å²) in [5, 5.41) is 5.71. The van der Waals surface area contributed by atoms with Gasteiger partial charge in [-0.25, -0.2) is 9.78 Å². The predicted octanol–water partition coefficient (Wildman–Crippen LogP) is 4.17. The van der Waals surface area contributed by atoms with Gasteiger partial charge in [-0.2, -0.15) is 0 Å². The van der Waals surface area contributed by atoms with Gasteiger partial charge in [0.05, 0.1) is 16.4 Å². The van der Waals surface area contributed by atoms with E-state index in [0.717, 1.165) is 22.4 Å². The molecule has 3 aliphatic carbocycles. The number of carbonyl (C=O) groups is 2. The zero-order valence-corrected chi connectivity index (χ0v) is 16.0. The molecular formula is C20H24N2O3S. The number of pyridine rings is 1. The molecule has 5 rings (SSSR count). The lowest BCUT2D eigenvalue weighted by molar-refractivity contribution is 0.0380. The number of nitrogens with one attached hydrogen (secondary N) is 1. The minimum Gasteiger partial charge on any atom is -0.459 e. The molecule has 0 saturated heterocycles. The summed E-state index contributed by atoms with van der Waals surface area (Å²) >= 11 is 1.44. The molecule has 0 aromatic carbocycles. The van der Waals surface area contributed by atoms with E-state index in [2.05, 4.69) is 10.3 Å². The Morgan fingerprint density at radius 3 is 2.69 bits per heavy atom. The lowest BCUT2D eigenvalue weighted by Gasteiger charge is -2.42. The van der Waals surface area contributed by atoms with Crippen molar-refractivity contribution < 1.29 is 14.3 Å². The second-order valence-electron chi connectivity index (χ2n) is 7.77. The van der Waals surface area contributed by atoms with Crippen molar-refractivity contribution in [2.24, 2.45) is 11.8 Å². The Hall–Kier alpha value is -1.95. The maximum Gasteiger partial charge on any atom is 0.339 e. The molecule has 1 atom stereocenters. The van der Waals surface area contributed by atoms with Gasteiger partial charge in [-0.1, -0.05) is 12.8 Å². The van der Waals surface area contributed by atoms with Crippen LogP contribution in [0.25, 0.3) is 10.1 Å². The number of rotatable bonds is 4. The standard InChI is InChI=1S/C20H24N2O3S/c1-11(2)25-20(24)15-10-26-18-9-21-17(8-14(15)18)19(23)22-16-7-12-3-5-13(16)6-4-12/h8-13,16H,3-7H2,1-2H3,(H,22,23). The summed E-state index contributed by atoms with van der Waals surface area (Å²) in [6, 6.07) is 1.99. The van der Waals surface area contributed by atoms with Gasteiger partial charge in [0.15, 0.2) is 0 Å². The molecule has 1 amide bonds. The van der Waals surface area contributed by atoms with Gasteiger partial charge in [0.1, 0.15) is 5.69 Å². The molecule has 0 aliphatic heterocycles. The summed E-state index contributed by atoms with van der Waals surface area (Å²) in [5.74, 6) is 0.868. The van der Waals surface area contributed by atoms with Gasteiger partial charge in [-0.05, 0) is 51.0 Å². The first kappa shape index (κ1) is 17.5. The van der Waals surface area contributed by atoms with E-state index in [1.165, 1.54) is 37.0 Å². The third-order valence-corrected chi connectivity index (χ3v) is 6.55. The smallest absolute Gasteiger partial charge is 0.339 e. The van der Waals surface area contributed by atoms with Crippen LogP contribution in [-0.2, 0) is 4.74 Å². The molecule has 0 spiro atoms. The molecule has 1 N–H and O–H groups in total. The van der Waals surface area contributed by atoms with Crippen molar-refractivity contribution >= 4 is 33.3 Å². The van der Waals surface area contributed by atoms with Gasteiger partial charge in [-0.15, -0.1) is 11.3 Å². The van der Waals surface area contributed by atoms with Crippen LogP contribution in [0.5, 0.6) is 0 Å². The molecule has 1 unspecified atom stereocenters. The summed E-state index contributed by atoms with van der Waals surface area (Å²) in [4.78, 5) is 29.3. The molecule has 3 saturated carbocycles. The minimum atomic E-state index is -0.353. The molecule has 2 heterocycles. The number of thiophene rings is 1. The van der Waals surface area contributed by atoms with Gasteiger partial charge >= 0.3 is 5.97 Å². The van der Waals surface area contributed by atoms with Gasteiger partial charge in [-0.3, -0.25) is 4.79 Å². The highest BCUT2D eigenvalue weighted by molar-refractivity contribution is 7.17. The highest BCUT2D eigenvalue weighted by atomic mass is 32.1. The van der Waals surface area contributed by atoms with Crippen LogP contribution in [-0.4, -0.2) is 29.0 Å². The summed E-state index contributed by atoms with van der Waals surface area (Å²) < 4.78 is 6.19. The SMILES string of the molecule is CC(C)OC(=O)c1csc2cnc(C(=O)NC3CC4CCC3CC4)cc12. The van der Waals surface area contributed by atoms with Gasteiger partial charge in [0.2, 0.25) is 0 Å². The summed E-state index contributed by atoms with van der Waals surface area (Å²) in [5.41, 5.74) is 0.878. The molecule has 2 bridgehead atoms.